The molecule has 3 nitrogen and oxygen atoms in total. The van der Waals surface area contributed by atoms with Gasteiger partial charge in [0.1, 0.15) is 5.75 Å². The van der Waals surface area contributed by atoms with E-state index in [0.717, 1.165) is 29.2 Å². The number of thioether (sulfide) groups is 2. The van der Waals surface area contributed by atoms with E-state index in [9.17, 15) is 4.79 Å². The maximum Gasteiger partial charge on any atom is 0.337 e. The molecule has 30 heavy (non-hydrogen) atoms. The Morgan fingerprint density at radius 2 is 1.80 bits per heavy atom. The first-order valence-corrected chi connectivity index (χ1v) is 12.7. The highest BCUT2D eigenvalue weighted by molar-refractivity contribution is 8.18. The molecule has 6 heteroatoms. The highest BCUT2D eigenvalue weighted by atomic mass is 32.2. The van der Waals surface area contributed by atoms with Gasteiger partial charge >= 0.3 is 5.97 Å². The summed E-state index contributed by atoms with van der Waals surface area (Å²) in [5, 5.41) is 2.10. The topological polar surface area (TPSA) is 35.5 Å². The third-order valence-corrected chi connectivity index (χ3v) is 9.49. The lowest BCUT2D eigenvalue weighted by atomic mass is 9.99. The average molecular weight is 457 g/mol. The standard InChI is InChI=1S/C24H24O3S3/c1-26-21-11-10-19(15-20(21)22-5-3-12-28-22)24(29-13-4-14-30-24)16-17-6-8-18(9-7-17)23(25)27-2/h3,5-12,15H,4,13-14,16H2,1-2H3. The van der Waals surface area contributed by atoms with E-state index in [1.807, 2.05) is 47.8 Å². The fourth-order valence-electron chi connectivity index (χ4n) is 3.66. The zero-order valence-corrected chi connectivity index (χ0v) is 19.5. The van der Waals surface area contributed by atoms with Crippen LogP contribution in [0, 0.1) is 0 Å². The van der Waals surface area contributed by atoms with Crippen molar-refractivity contribution in [2.45, 2.75) is 16.9 Å². The van der Waals surface area contributed by atoms with Crippen LogP contribution in [0.1, 0.15) is 27.9 Å². The molecule has 156 valence electrons. The van der Waals surface area contributed by atoms with E-state index in [4.69, 9.17) is 9.47 Å². The van der Waals surface area contributed by atoms with Gasteiger partial charge < -0.3 is 9.47 Å². The van der Waals surface area contributed by atoms with Crippen LogP contribution in [-0.4, -0.2) is 31.7 Å². The van der Waals surface area contributed by atoms with Crippen LogP contribution in [0.3, 0.4) is 0 Å². The molecule has 0 bridgehead atoms. The number of carbonyl (C=O) groups is 1. The summed E-state index contributed by atoms with van der Waals surface area (Å²) in [4.78, 5) is 13.0. The fraction of sp³-hybridized carbons (Fsp3) is 0.292. The molecule has 0 atom stereocenters. The SMILES string of the molecule is COC(=O)c1ccc(CC2(c3ccc(OC)c(-c4cccs4)c3)SCCCS2)cc1. The number of thiophene rings is 1. The monoisotopic (exact) mass is 456 g/mol. The van der Waals surface area contributed by atoms with Crippen molar-refractivity contribution in [1.82, 2.24) is 0 Å². The normalized spacial score (nSPS) is 15.5. The molecule has 2 heterocycles. The number of ether oxygens (including phenoxy) is 2. The molecule has 0 saturated carbocycles. The van der Waals surface area contributed by atoms with E-state index in [1.54, 1.807) is 18.4 Å². The summed E-state index contributed by atoms with van der Waals surface area (Å²) in [6.07, 6.45) is 2.13. The third-order valence-electron chi connectivity index (χ3n) is 5.20. The van der Waals surface area contributed by atoms with Crippen molar-refractivity contribution >= 4 is 40.8 Å². The Morgan fingerprint density at radius 1 is 1.03 bits per heavy atom. The molecule has 1 aliphatic rings. The van der Waals surface area contributed by atoms with Crippen molar-refractivity contribution in [1.29, 1.82) is 0 Å². The summed E-state index contributed by atoms with van der Waals surface area (Å²) in [5.41, 5.74) is 4.28. The van der Waals surface area contributed by atoms with E-state index in [0.29, 0.717) is 5.56 Å². The zero-order chi connectivity index (χ0) is 21.0. The summed E-state index contributed by atoms with van der Waals surface area (Å²) in [6.45, 7) is 0. The Hall–Kier alpha value is -1.89. The maximum absolute atomic E-state index is 11.8. The van der Waals surface area contributed by atoms with Gasteiger partial charge in [0.2, 0.25) is 0 Å². The van der Waals surface area contributed by atoms with Crippen LogP contribution in [0.5, 0.6) is 5.75 Å². The van der Waals surface area contributed by atoms with Gasteiger partial charge in [-0.1, -0.05) is 24.3 Å². The van der Waals surface area contributed by atoms with Crippen LogP contribution in [0.2, 0.25) is 0 Å². The van der Waals surface area contributed by atoms with Crippen molar-refractivity contribution in [2.24, 2.45) is 0 Å². The first kappa shape index (κ1) is 21.3. The lowest BCUT2D eigenvalue weighted by Crippen LogP contribution is -2.25. The molecule has 0 spiro atoms. The predicted octanol–water partition coefficient (Wildman–Crippen LogP) is 6.48. The molecular formula is C24H24O3S3. The Morgan fingerprint density at radius 3 is 2.43 bits per heavy atom. The van der Waals surface area contributed by atoms with E-state index >= 15 is 0 Å². The fourth-order valence-corrected chi connectivity index (χ4v) is 7.78. The summed E-state index contributed by atoms with van der Waals surface area (Å²) in [6, 6.07) is 18.7. The smallest absolute Gasteiger partial charge is 0.337 e. The minimum atomic E-state index is -0.298. The summed E-state index contributed by atoms with van der Waals surface area (Å²) >= 11 is 5.79. The summed E-state index contributed by atoms with van der Waals surface area (Å²) in [5.74, 6) is 2.90. The van der Waals surface area contributed by atoms with Gasteiger partial charge in [0.25, 0.3) is 0 Å². The Bertz CT molecular complexity index is 991. The Kier molecular flexibility index (Phi) is 6.76. The molecule has 0 N–H and O–H groups in total. The van der Waals surface area contributed by atoms with E-state index in [-0.39, 0.29) is 10.0 Å². The van der Waals surface area contributed by atoms with Gasteiger partial charge in [-0.15, -0.1) is 34.9 Å². The predicted molar refractivity (Wildman–Crippen MR) is 129 cm³/mol. The molecule has 1 aromatic heterocycles. The Balaban J connectivity index is 1.70. The van der Waals surface area contributed by atoms with Gasteiger partial charge in [-0.3, -0.25) is 0 Å². The minimum Gasteiger partial charge on any atom is -0.496 e. The summed E-state index contributed by atoms with van der Waals surface area (Å²) < 4.78 is 10.4. The number of hydrogen-bond acceptors (Lipinski definition) is 6. The number of carbonyl (C=O) groups excluding carboxylic acids is 1. The molecule has 3 aromatic rings. The zero-order valence-electron chi connectivity index (χ0n) is 17.1. The van der Waals surface area contributed by atoms with Gasteiger partial charge in [-0.2, -0.15) is 0 Å². The van der Waals surface area contributed by atoms with Gasteiger partial charge in [0, 0.05) is 16.9 Å². The lowest BCUT2D eigenvalue weighted by Gasteiger charge is -2.37. The molecule has 1 fully saturated rings. The van der Waals surface area contributed by atoms with Crippen LogP contribution < -0.4 is 4.74 Å². The molecule has 0 unspecified atom stereocenters. The quantitative estimate of drug-likeness (QED) is 0.397. The molecule has 2 aromatic carbocycles. The van der Waals surface area contributed by atoms with Gasteiger partial charge in [0.15, 0.2) is 0 Å². The van der Waals surface area contributed by atoms with Crippen LogP contribution in [-0.2, 0) is 15.2 Å². The van der Waals surface area contributed by atoms with Crippen LogP contribution in [0.25, 0.3) is 10.4 Å². The van der Waals surface area contributed by atoms with Crippen molar-refractivity contribution in [3.63, 3.8) is 0 Å². The van der Waals surface area contributed by atoms with Crippen molar-refractivity contribution < 1.29 is 14.3 Å². The molecule has 4 rings (SSSR count). The average Bonchev–Trinajstić information content (AvgIpc) is 3.34. The van der Waals surface area contributed by atoms with Gasteiger partial charge in [0.05, 0.1) is 23.9 Å². The first-order valence-electron chi connectivity index (χ1n) is 9.83. The van der Waals surface area contributed by atoms with Crippen molar-refractivity contribution in [3.8, 4) is 16.2 Å². The van der Waals surface area contributed by atoms with Crippen LogP contribution >= 0.6 is 34.9 Å². The third kappa shape index (κ3) is 4.41. The molecule has 0 aliphatic carbocycles. The second kappa shape index (κ2) is 9.50. The number of methoxy groups -OCH3 is 2. The summed E-state index contributed by atoms with van der Waals surface area (Å²) in [7, 11) is 3.14. The van der Waals surface area contributed by atoms with Gasteiger partial charge in [-0.05, 0) is 64.8 Å². The van der Waals surface area contributed by atoms with Crippen molar-refractivity contribution in [3.05, 3.63) is 76.7 Å². The second-order valence-corrected chi connectivity index (χ2v) is 11.1. The van der Waals surface area contributed by atoms with Crippen molar-refractivity contribution in [2.75, 3.05) is 25.7 Å². The maximum atomic E-state index is 11.8. The number of rotatable bonds is 6. The number of esters is 1. The highest BCUT2D eigenvalue weighted by Gasteiger charge is 2.36. The highest BCUT2D eigenvalue weighted by Crippen LogP contribution is 2.53. The van der Waals surface area contributed by atoms with E-state index < -0.39 is 0 Å². The molecule has 0 amide bonds. The first-order chi connectivity index (χ1) is 14.6. The van der Waals surface area contributed by atoms with Gasteiger partial charge in [-0.25, -0.2) is 4.79 Å². The van der Waals surface area contributed by atoms with E-state index in [2.05, 4.69) is 35.7 Å². The molecule has 1 saturated heterocycles. The van der Waals surface area contributed by atoms with E-state index in [1.165, 1.54) is 29.5 Å². The largest absolute Gasteiger partial charge is 0.496 e. The molecular weight excluding hydrogens is 432 g/mol. The van der Waals surface area contributed by atoms with Crippen LogP contribution in [0.4, 0.5) is 0 Å². The number of benzene rings is 2. The number of hydrogen-bond donors (Lipinski definition) is 0. The van der Waals surface area contributed by atoms with Crippen LogP contribution in [0.15, 0.2) is 60.0 Å². The Labute approximate surface area is 190 Å². The lowest BCUT2D eigenvalue weighted by molar-refractivity contribution is 0.0600. The molecule has 1 aliphatic heterocycles. The minimum absolute atomic E-state index is 0.0523. The second-order valence-electron chi connectivity index (χ2n) is 7.06. The molecule has 0 radical (unpaired) electrons.